The topological polar surface area (TPSA) is 41.1 Å². The van der Waals surface area contributed by atoms with Gasteiger partial charge in [-0.3, -0.25) is 4.79 Å². The van der Waals surface area contributed by atoms with Crippen molar-refractivity contribution in [1.82, 2.24) is 10.6 Å². The Bertz CT molecular complexity index is 356. The Morgan fingerprint density at radius 2 is 2.50 bits per heavy atom. The summed E-state index contributed by atoms with van der Waals surface area (Å²) in [6.45, 7) is 3.80. The number of piperidine rings is 1. The van der Waals surface area contributed by atoms with Crippen molar-refractivity contribution in [1.29, 1.82) is 0 Å². The van der Waals surface area contributed by atoms with Crippen molar-refractivity contribution in [2.24, 2.45) is 0 Å². The zero-order chi connectivity index (χ0) is 11.4. The van der Waals surface area contributed by atoms with Gasteiger partial charge in [0.1, 0.15) is 0 Å². The SMILES string of the molecule is Cc1ccsc1C(=O)NC[C@@H]1CCCCN1. The van der Waals surface area contributed by atoms with E-state index in [9.17, 15) is 4.79 Å². The lowest BCUT2D eigenvalue weighted by Crippen LogP contribution is -2.43. The van der Waals surface area contributed by atoms with Crippen LogP contribution in [0.3, 0.4) is 0 Å². The molecule has 16 heavy (non-hydrogen) atoms. The second-order valence-corrected chi connectivity index (χ2v) is 5.21. The molecule has 3 nitrogen and oxygen atoms in total. The van der Waals surface area contributed by atoms with Crippen molar-refractivity contribution in [3.05, 3.63) is 21.9 Å². The smallest absolute Gasteiger partial charge is 0.261 e. The molecule has 2 N–H and O–H groups in total. The molecular formula is C12H18N2OS. The normalized spacial score (nSPS) is 20.7. The Balaban J connectivity index is 1.81. The van der Waals surface area contributed by atoms with E-state index in [0.29, 0.717) is 6.04 Å². The third-order valence-electron chi connectivity index (χ3n) is 2.99. The van der Waals surface area contributed by atoms with Crippen molar-refractivity contribution < 1.29 is 4.79 Å². The largest absolute Gasteiger partial charge is 0.350 e. The molecule has 0 saturated carbocycles. The van der Waals surface area contributed by atoms with Gasteiger partial charge >= 0.3 is 0 Å². The van der Waals surface area contributed by atoms with Crippen LogP contribution in [0.25, 0.3) is 0 Å². The van der Waals surface area contributed by atoms with Crippen LogP contribution in [0.4, 0.5) is 0 Å². The summed E-state index contributed by atoms with van der Waals surface area (Å²) < 4.78 is 0. The van der Waals surface area contributed by atoms with Gasteiger partial charge in [-0.25, -0.2) is 0 Å². The predicted molar refractivity (Wildman–Crippen MR) is 67.0 cm³/mol. The molecule has 1 atom stereocenters. The first-order valence-electron chi connectivity index (χ1n) is 5.83. The van der Waals surface area contributed by atoms with Crippen molar-refractivity contribution in [2.75, 3.05) is 13.1 Å². The van der Waals surface area contributed by atoms with Crippen LogP contribution in [0, 0.1) is 6.92 Å². The van der Waals surface area contributed by atoms with Crippen LogP contribution in [-0.4, -0.2) is 25.0 Å². The van der Waals surface area contributed by atoms with E-state index >= 15 is 0 Å². The fourth-order valence-corrected chi connectivity index (χ4v) is 2.84. The Morgan fingerprint density at radius 1 is 1.62 bits per heavy atom. The van der Waals surface area contributed by atoms with Gasteiger partial charge in [0, 0.05) is 12.6 Å². The summed E-state index contributed by atoms with van der Waals surface area (Å²) in [4.78, 5) is 12.7. The van der Waals surface area contributed by atoms with Crippen LogP contribution in [-0.2, 0) is 0 Å². The minimum absolute atomic E-state index is 0.0693. The van der Waals surface area contributed by atoms with Crippen LogP contribution < -0.4 is 10.6 Å². The molecule has 0 aliphatic carbocycles. The molecule has 88 valence electrons. The van der Waals surface area contributed by atoms with E-state index in [2.05, 4.69) is 10.6 Å². The molecule has 1 aromatic heterocycles. The predicted octanol–water partition coefficient (Wildman–Crippen LogP) is 1.93. The summed E-state index contributed by atoms with van der Waals surface area (Å²) in [6.07, 6.45) is 3.70. The third kappa shape index (κ3) is 2.83. The molecule has 1 aliphatic rings. The maximum absolute atomic E-state index is 11.8. The highest BCUT2D eigenvalue weighted by atomic mass is 32.1. The van der Waals surface area contributed by atoms with E-state index in [4.69, 9.17) is 0 Å². The van der Waals surface area contributed by atoms with E-state index in [0.717, 1.165) is 23.5 Å². The summed E-state index contributed by atoms with van der Waals surface area (Å²) in [5.74, 6) is 0.0693. The summed E-state index contributed by atoms with van der Waals surface area (Å²) in [5.41, 5.74) is 1.07. The van der Waals surface area contributed by atoms with Crippen molar-refractivity contribution >= 4 is 17.2 Å². The van der Waals surface area contributed by atoms with Gasteiger partial charge in [-0.05, 0) is 43.3 Å². The van der Waals surface area contributed by atoms with Gasteiger partial charge < -0.3 is 10.6 Å². The first-order chi connectivity index (χ1) is 7.77. The van der Waals surface area contributed by atoms with Crippen LogP contribution >= 0.6 is 11.3 Å². The molecule has 0 aromatic carbocycles. The number of aryl methyl sites for hydroxylation is 1. The molecule has 2 rings (SSSR count). The summed E-state index contributed by atoms with van der Waals surface area (Å²) in [6, 6.07) is 2.44. The fraction of sp³-hybridized carbons (Fsp3) is 0.583. The van der Waals surface area contributed by atoms with Gasteiger partial charge in [0.2, 0.25) is 0 Å². The molecule has 4 heteroatoms. The second-order valence-electron chi connectivity index (χ2n) is 4.29. The number of hydrogen-bond donors (Lipinski definition) is 2. The molecule has 2 heterocycles. The summed E-state index contributed by atoms with van der Waals surface area (Å²) in [5, 5.41) is 8.39. The standard InChI is InChI=1S/C12H18N2OS/c1-9-5-7-16-11(9)12(15)14-8-10-4-2-3-6-13-10/h5,7,10,13H,2-4,6,8H2,1H3,(H,14,15)/t10-/m0/s1. The van der Waals surface area contributed by atoms with Gasteiger partial charge in [-0.2, -0.15) is 0 Å². The van der Waals surface area contributed by atoms with Crippen LogP contribution in [0.15, 0.2) is 11.4 Å². The number of hydrogen-bond acceptors (Lipinski definition) is 3. The Hall–Kier alpha value is -0.870. The number of carbonyl (C=O) groups is 1. The zero-order valence-electron chi connectivity index (χ0n) is 9.58. The monoisotopic (exact) mass is 238 g/mol. The molecular weight excluding hydrogens is 220 g/mol. The number of nitrogens with one attached hydrogen (secondary N) is 2. The van der Waals surface area contributed by atoms with E-state index in [1.807, 2.05) is 18.4 Å². The molecule has 1 aliphatic heterocycles. The highest BCUT2D eigenvalue weighted by Gasteiger charge is 2.15. The molecule has 0 unspecified atom stereocenters. The van der Waals surface area contributed by atoms with Crippen LogP contribution in [0.2, 0.25) is 0 Å². The highest BCUT2D eigenvalue weighted by Crippen LogP contribution is 2.15. The Kier molecular flexibility index (Phi) is 3.96. The van der Waals surface area contributed by atoms with E-state index in [1.54, 1.807) is 0 Å². The third-order valence-corrected chi connectivity index (χ3v) is 4.00. The molecule has 1 fully saturated rings. The Morgan fingerprint density at radius 3 is 3.12 bits per heavy atom. The lowest BCUT2D eigenvalue weighted by Gasteiger charge is -2.23. The zero-order valence-corrected chi connectivity index (χ0v) is 10.4. The maximum Gasteiger partial charge on any atom is 0.261 e. The van der Waals surface area contributed by atoms with E-state index < -0.39 is 0 Å². The summed E-state index contributed by atoms with van der Waals surface area (Å²) in [7, 11) is 0. The lowest BCUT2D eigenvalue weighted by molar-refractivity contribution is 0.0951. The molecule has 1 amide bonds. The van der Waals surface area contributed by atoms with Crippen molar-refractivity contribution in [2.45, 2.75) is 32.2 Å². The molecule has 0 bridgehead atoms. The van der Waals surface area contributed by atoms with Crippen molar-refractivity contribution in [3.8, 4) is 0 Å². The number of carbonyl (C=O) groups excluding carboxylic acids is 1. The van der Waals surface area contributed by atoms with Crippen LogP contribution in [0.5, 0.6) is 0 Å². The maximum atomic E-state index is 11.8. The molecule has 0 spiro atoms. The molecule has 0 radical (unpaired) electrons. The minimum atomic E-state index is 0.0693. The van der Waals surface area contributed by atoms with Gasteiger partial charge in [0.15, 0.2) is 0 Å². The number of rotatable bonds is 3. The quantitative estimate of drug-likeness (QED) is 0.845. The number of amides is 1. The lowest BCUT2D eigenvalue weighted by atomic mass is 10.1. The first-order valence-corrected chi connectivity index (χ1v) is 6.71. The Labute approximate surface area is 100 Å². The van der Waals surface area contributed by atoms with Crippen LogP contribution in [0.1, 0.15) is 34.5 Å². The van der Waals surface area contributed by atoms with E-state index in [-0.39, 0.29) is 5.91 Å². The first kappa shape index (κ1) is 11.6. The number of thiophene rings is 1. The molecule has 1 saturated heterocycles. The molecule has 1 aromatic rings. The average molecular weight is 238 g/mol. The average Bonchev–Trinajstić information content (AvgIpc) is 2.74. The summed E-state index contributed by atoms with van der Waals surface area (Å²) >= 11 is 1.51. The minimum Gasteiger partial charge on any atom is -0.350 e. The van der Waals surface area contributed by atoms with E-state index in [1.165, 1.54) is 30.6 Å². The van der Waals surface area contributed by atoms with Gasteiger partial charge in [0.25, 0.3) is 5.91 Å². The van der Waals surface area contributed by atoms with Gasteiger partial charge in [-0.15, -0.1) is 11.3 Å². The van der Waals surface area contributed by atoms with Gasteiger partial charge in [-0.1, -0.05) is 6.42 Å². The van der Waals surface area contributed by atoms with Crippen molar-refractivity contribution in [3.63, 3.8) is 0 Å². The highest BCUT2D eigenvalue weighted by molar-refractivity contribution is 7.12. The second kappa shape index (κ2) is 5.46. The fourth-order valence-electron chi connectivity index (χ4n) is 2.00. The van der Waals surface area contributed by atoms with Gasteiger partial charge in [0.05, 0.1) is 4.88 Å².